The number of hydrogen-bond acceptors (Lipinski definition) is 3. The number of aryl methyl sites for hydroxylation is 1. The first-order valence-corrected chi connectivity index (χ1v) is 6.51. The van der Waals surface area contributed by atoms with E-state index in [1.54, 1.807) is 14.2 Å². The third-order valence-corrected chi connectivity index (χ3v) is 3.33. The van der Waals surface area contributed by atoms with Gasteiger partial charge in [-0.3, -0.25) is 4.79 Å². The number of rotatable bonds is 6. The maximum atomic E-state index is 10.6. The van der Waals surface area contributed by atoms with E-state index in [-0.39, 0.29) is 6.42 Å². The van der Waals surface area contributed by atoms with E-state index in [0.717, 1.165) is 27.8 Å². The molecule has 0 unspecified atom stereocenters. The van der Waals surface area contributed by atoms with E-state index < -0.39 is 5.97 Å². The molecular formula is C16H18O4. The lowest BCUT2D eigenvalue weighted by atomic mass is 9.98. The highest BCUT2D eigenvalue weighted by Crippen LogP contribution is 2.35. The van der Waals surface area contributed by atoms with Crippen LogP contribution in [0.4, 0.5) is 0 Å². The van der Waals surface area contributed by atoms with Gasteiger partial charge in [0.1, 0.15) is 11.5 Å². The van der Waals surface area contributed by atoms with Crippen molar-refractivity contribution in [2.24, 2.45) is 0 Å². The van der Waals surface area contributed by atoms with E-state index >= 15 is 0 Å². The Labute approximate surface area is 117 Å². The summed E-state index contributed by atoms with van der Waals surface area (Å²) in [6.07, 6.45) is 1.48. The van der Waals surface area contributed by atoms with Crippen molar-refractivity contribution in [2.75, 3.05) is 14.2 Å². The average Bonchev–Trinajstić information content (AvgIpc) is 2.46. The molecule has 0 aliphatic heterocycles. The summed E-state index contributed by atoms with van der Waals surface area (Å²) in [6.45, 7) is 0. The van der Waals surface area contributed by atoms with E-state index in [2.05, 4.69) is 0 Å². The molecule has 4 heteroatoms. The Morgan fingerprint density at radius 3 is 2.50 bits per heavy atom. The van der Waals surface area contributed by atoms with E-state index in [1.807, 2.05) is 30.3 Å². The fourth-order valence-electron chi connectivity index (χ4n) is 2.40. The second kappa shape index (κ2) is 6.28. The standard InChI is InChI=1S/C16H18O4/c1-19-13-10-9-11(5-3-8-15(17)18)16-12(13)6-4-7-14(16)20-2/h4,6-7,9-10H,3,5,8H2,1-2H3,(H,17,18). The minimum Gasteiger partial charge on any atom is -0.496 e. The van der Waals surface area contributed by atoms with Crippen molar-refractivity contribution >= 4 is 16.7 Å². The summed E-state index contributed by atoms with van der Waals surface area (Å²) in [4.78, 5) is 10.6. The van der Waals surface area contributed by atoms with Crippen LogP contribution in [0.25, 0.3) is 10.8 Å². The van der Waals surface area contributed by atoms with E-state index in [4.69, 9.17) is 14.6 Å². The lowest BCUT2D eigenvalue weighted by Crippen LogP contribution is -1.98. The van der Waals surface area contributed by atoms with Gasteiger partial charge in [-0.25, -0.2) is 0 Å². The number of ether oxygens (including phenoxy) is 2. The first-order valence-electron chi connectivity index (χ1n) is 6.51. The van der Waals surface area contributed by atoms with Gasteiger partial charge >= 0.3 is 5.97 Å². The highest BCUT2D eigenvalue weighted by molar-refractivity contribution is 5.95. The first kappa shape index (κ1) is 14.2. The second-order valence-electron chi connectivity index (χ2n) is 4.56. The van der Waals surface area contributed by atoms with Gasteiger partial charge in [-0.05, 0) is 30.5 Å². The van der Waals surface area contributed by atoms with Gasteiger partial charge in [0.2, 0.25) is 0 Å². The van der Waals surface area contributed by atoms with Crippen LogP contribution in [0.3, 0.4) is 0 Å². The molecule has 0 heterocycles. The van der Waals surface area contributed by atoms with Crippen molar-refractivity contribution in [3.8, 4) is 11.5 Å². The second-order valence-corrected chi connectivity index (χ2v) is 4.56. The predicted molar refractivity (Wildman–Crippen MR) is 77.6 cm³/mol. The number of aliphatic carboxylic acids is 1. The largest absolute Gasteiger partial charge is 0.496 e. The Kier molecular flexibility index (Phi) is 4.45. The molecule has 0 aliphatic carbocycles. The molecule has 0 spiro atoms. The first-order chi connectivity index (χ1) is 9.67. The van der Waals surface area contributed by atoms with Gasteiger partial charge in [-0.15, -0.1) is 0 Å². The van der Waals surface area contributed by atoms with E-state index in [1.165, 1.54) is 0 Å². The molecule has 4 nitrogen and oxygen atoms in total. The molecule has 20 heavy (non-hydrogen) atoms. The summed E-state index contributed by atoms with van der Waals surface area (Å²) in [5, 5.41) is 10.7. The Balaban J connectivity index is 2.46. The third-order valence-electron chi connectivity index (χ3n) is 3.33. The topological polar surface area (TPSA) is 55.8 Å². The van der Waals surface area contributed by atoms with Crippen molar-refractivity contribution in [1.29, 1.82) is 0 Å². The highest BCUT2D eigenvalue weighted by Gasteiger charge is 2.11. The summed E-state index contributed by atoms with van der Waals surface area (Å²) in [7, 11) is 3.27. The minimum atomic E-state index is -0.769. The number of carbonyl (C=O) groups is 1. The summed E-state index contributed by atoms with van der Waals surface area (Å²) >= 11 is 0. The minimum absolute atomic E-state index is 0.169. The Bertz CT molecular complexity index is 619. The van der Waals surface area contributed by atoms with Crippen molar-refractivity contribution in [2.45, 2.75) is 19.3 Å². The monoisotopic (exact) mass is 274 g/mol. The fraction of sp³-hybridized carbons (Fsp3) is 0.312. The maximum Gasteiger partial charge on any atom is 0.303 e. The molecule has 2 aromatic rings. The van der Waals surface area contributed by atoms with E-state index in [9.17, 15) is 4.79 Å². The summed E-state index contributed by atoms with van der Waals surface area (Å²) < 4.78 is 10.8. The van der Waals surface area contributed by atoms with Crippen LogP contribution in [0.5, 0.6) is 11.5 Å². The normalized spacial score (nSPS) is 10.5. The summed E-state index contributed by atoms with van der Waals surface area (Å²) in [6, 6.07) is 9.70. The molecule has 0 atom stereocenters. The Hall–Kier alpha value is -2.23. The van der Waals surface area contributed by atoms with Crippen LogP contribution in [0, 0.1) is 0 Å². The number of hydrogen-bond donors (Lipinski definition) is 1. The zero-order valence-electron chi connectivity index (χ0n) is 11.7. The molecule has 0 amide bonds. The third kappa shape index (κ3) is 2.85. The molecule has 1 N–H and O–H groups in total. The molecule has 0 aliphatic rings. The van der Waals surface area contributed by atoms with Gasteiger partial charge in [0.15, 0.2) is 0 Å². The number of carboxylic acids is 1. The fourth-order valence-corrected chi connectivity index (χ4v) is 2.40. The molecule has 0 fully saturated rings. The van der Waals surface area contributed by atoms with Crippen LogP contribution in [-0.4, -0.2) is 25.3 Å². The molecule has 2 aromatic carbocycles. The van der Waals surface area contributed by atoms with Crippen LogP contribution in [0.15, 0.2) is 30.3 Å². The van der Waals surface area contributed by atoms with Crippen molar-refractivity contribution < 1.29 is 19.4 Å². The smallest absolute Gasteiger partial charge is 0.303 e. The van der Waals surface area contributed by atoms with Gasteiger partial charge in [0, 0.05) is 17.2 Å². The number of benzene rings is 2. The molecule has 0 aromatic heterocycles. The van der Waals surface area contributed by atoms with Crippen molar-refractivity contribution in [3.05, 3.63) is 35.9 Å². The molecule has 0 radical (unpaired) electrons. The van der Waals surface area contributed by atoms with Gasteiger partial charge in [-0.1, -0.05) is 18.2 Å². The number of carboxylic acid groups (broad SMARTS) is 1. The lowest BCUT2D eigenvalue weighted by molar-refractivity contribution is -0.137. The molecule has 0 saturated heterocycles. The summed E-state index contributed by atoms with van der Waals surface area (Å²) in [5.41, 5.74) is 1.08. The van der Waals surface area contributed by atoms with Crippen LogP contribution in [-0.2, 0) is 11.2 Å². The molecule has 0 saturated carbocycles. The zero-order chi connectivity index (χ0) is 14.5. The number of fused-ring (bicyclic) bond motifs is 1. The van der Waals surface area contributed by atoms with Gasteiger partial charge < -0.3 is 14.6 Å². The van der Waals surface area contributed by atoms with Crippen molar-refractivity contribution in [3.63, 3.8) is 0 Å². The van der Waals surface area contributed by atoms with Crippen LogP contribution in [0.2, 0.25) is 0 Å². The van der Waals surface area contributed by atoms with Crippen LogP contribution < -0.4 is 9.47 Å². The highest BCUT2D eigenvalue weighted by atomic mass is 16.5. The number of methoxy groups -OCH3 is 2. The Morgan fingerprint density at radius 2 is 1.85 bits per heavy atom. The molecule has 2 rings (SSSR count). The van der Waals surface area contributed by atoms with Gasteiger partial charge in [0.05, 0.1) is 14.2 Å². The quantitative estimate of drug-likeness (QED) is 0.878. The van der Waals surface area contributed by atoms with Gasteiger partial charge in [-0.2, -0.15) is 0 Å². The van der Waals surface area contributed by atoms with Crippen LogP contribution >= 0.6 is 0 Å². The predicted octanol–water partition coefficient (Wildman–Crippen LogP) is 3.26. The van der Waals surface area contributed by atoms with Gasteiger partial charge in [0.25, 0.3) is 0 Å². The molecule has 0 bridgehead atoms. The zero-order valence-corrected chi connectivity index (χ0v) is 11.7. The average molecular weight is 274 g/mol. The van der Waals surface area contributed by atoms with Crippen LogP contribution in [0.1, 0.15) is 18.4 Å². The molecule has 106 valence electrons. The molecular weight excluding hydrogens is 256 g/mol. The van der Waals surface area contributed by atoms with Crippen molar-refractivity contribution in [1.82, 2.24) is 0 Å². The van der Waals surface area contributed by atoms with E-state index in [0.29, 0.717) is 12.8 Å². The lowest BCUT2D eigenvalue weighted by Gasteiger charge is -2.13. The Morgan fingerprint density at radius 1 is 1.10 bits per heavy atom. The SMILES string of the molecule is COc1ccc(CCCC(=O)O)c2c(OC)cccc12. The maximum absolute atomic E-state index is 10.6. The summed E-state index contributed by atoms with van der Waals surface area (Å²) in [5.74, 6) is 0.808.